The second-order valence-corrected chi connectivity index (χ2v) is 11.8. The molecule has 2 aromatic heterocycles. The third-order valence-corrected chi connectivity index (χ3v) is 8.01. The van der Waals surface area contributed by atoms with Gasteiger partial charge in [-0.2, -0.15) is 4.98 Å². The van der Waals surface area contributed by atoms with Crippen molar-refractivity contribution in [1.29, 1.82) is 0 Å². The molecule has 0 spiro atoms. The van der Waals surface area contributed by atoms with Gasteiger partial charge in [0.25, 0.3) is 5.56 Å². The summed E-state index contributed by atoms with van der Waals surface area (Å²) in [6, 6.07) is 7.50. The van der Waals surface area contributed by atoms with E-state index < -0.39 is 90.8 Å². The molecule has 42 heavy (non-hydrogen) atoms. The summed E-state index contributed by atoms with van der Waals surface area (Å²) in [6.07, 6.45) is -7.59. The molecule has 12 nitrogen and oxygen atoms in total. The van der Waals surface area contributed by atoms with Crippen LogP contribution in [-0.4, -0.2) is 62.3 Å². The third-order valence-electron chi connectivity index (χ3n) is 6.05. The van der Waals surface area contributed by atoms with Gasteiger partial charge in [-0.1, -0.05) is 25.1 Å². The molecule has 0 bridgehead atoms. The van der Waals surface area contributed by atoms with Gasteiger partial charge in [-0.05, 0) is 43.5 Å². The van der Waals surface area contributed by atoms with Crippen molar-refractivity contribution in [1.82, 2.24) is 14.5 Å². The fourth-order valence-corrected chi connectivity index (χ4v) is 6.04. The molecule has 4 rings (SSSR count). The van der Waals surface area contributed by atoms with Gasteiger partial charge in [-0.3, -0.25) is 23.7 Å². The minimum Gasteiger partial charge on any atom is -0.463 e. The molecule has 0 radical (unpaired) electrons. The van der Waals surface area contributed by atoms with Crippen LogP contribution in [0.4, 0.5) is 14.7 Å². The number of carbonyl (C=O) groups is 1. The summed E-state index contributed by atoms with van der Waals surface area (Å²) in [6.45, 7) is 1.23. The predicted octanol–water partition coefficient (Wildman–Crippen LogP) is 3.49. The maximum Gasteiger partial charge on any atom is 0.380 e. The zero-order valence-corrected chi connectivity index (χ0v) is 24.1. The molecule has 4 N–H and O–H groups in total. The van der Waals surface area contributed by atoms with Crippen molar-refractivity contribution in [2.45, 2.75) is 51.0 Å². The molecule has 1 fully saturated rings. The molecule has 1 unspecified atom stereocenters. The molecule has 1 aliphatic heterocycles. The fourth-order valence-electron chi connectivity index (χ4n) is 4.18. The van der Waals surface area contributed by atoms with Crippen molar-refractivity contribution in [3.05, 3.63) is 52.7 Å². The van der Waals surface area contributed by atoms with E-state index in [1.54, 1.807) is 25.3 Å². The highest BCUT2D eigenvalue weighted by Gasteiger charge is 2.58. The Hall–Kier alpha value is -3.47. The summed E-state index contributed by atoms with van der Waals surface area (Å²) in [7, 11) is -4.68. The zero-order valence-electron chi connectivity index (χ0n) is 24.4. The fraction of sp³-hybridized carbons (Fsp3) is 0.423. The van der Waals surface area contributed by atoms with Gasteiger partial charge in [0.15, 0.2) is 17.7 Å². The Morgan fingerprint density at radius 2 is 2.10 bits per heavy atom. The first-order valence-electron chi connectivity index (χ1n) is 13.5. The van der Waals surface area contributed by atoms with Crippen LogP contribution in [0.5, 0.6) is 5.75 Å². The van der Waals surface area contributed by atoms with Crippen LogP contribution in [0.1, 0.15) is 29.7 Å². The second-order valence-electron chi connectivity index (χ2n) is 9.67. The molecular formula is C26H28ClF2N4O8P. The summed E-state index contributed by atoms with van der Waals surface area (Å²) in [5, 5.41) is 12.2. The average molecular weight is 631 g/mol. The Kier molecular flexibility index (Phi) is 8.46. The van der Waals surface area contributed by atoms with E-state index in [4.69, 9.17) is 38.6 Å². The number of hydrogen-bond acceptors (Lipinski definition) is 10. The van der Waals surface area contributed by atoms with Gasteiger partial charge in [0.2, 0.25) is 11.6 Å². The molecule has 16 heteroatoms. The maximum absolute atomic E-state index is 16.5. The molecule has 1 aliphatic rings. The summed E-state index contributed by atoms with van der Waals surface area (Å²) in [4.78, 5) is 30.7. The lowest BCUT2D eigenvalue weighted by molar-refractivity contribution is -0.151. The Bertz CT molecular complexity index is 1720. The normalized spacial score (nSPS) is 25.2. The number of aliphatic hydroxyl groups excluding tert-OH is 1. The van der Waals surface area contributed by atoms with Crippen LogP contribution in [0, 0.1) is 23.0 Å². The Labute approximate surface area is 246 Å². The third kappa shape index (κ3) is 6.45. The van der Waals surface area contributed by atoms with E-state index in [9.17, 15) is 23.7 Å². The molecule has 6 atom stereocenters. The van der Waals surface area contributed by atoms with Crippen LogP contribution < -0.4 is 15.8 Å². The number of fused-ring (bicyclic) bond motifs is 1. The number of aliphatic hydroxyl groups is 1. The summed E-state index contributed by atoms with van der Waals surface area (Å²) in [5.41, 5.74) is 0.792. The molecule has 0 aliphatic carbocycles. The van der Waals surface area contributed by atoms with Gasteiger partial charge in [0.05, 0.1) is 27.5 Å². The number of aromatic amines is 1. The number of para-hydroxylation sites is 1. The number of nitrogens with two attached hydrogens (primary N) is 1. The number of nitrogens with zero attached hydrogens (tertiary/aromatic N) is 2. The number of alkyl halides is 1. The maximum atomic E-state index is 16.5. The van der Waals surface area contributed by atoms with Gasteiger partial charge >= 0.3 is 13.6 Å². The van der Waals surface area contributed by atoms with E-state index >= 15 is 4.39 Å². The highest BCUT2D eigenvalue weighted by Crippen LogP contribution is 2.51. The Morgan fingerprint density at radius 1 is 1.40 bits per heavy atom. The minimum atomic E-state index is -4.68. The van der Waals surface area contributed by atoms with E-state index in [1.807, 2.05) is 5.92 Å². The number of hydrogen-bond donors (Lipinski definition) is 3. The van der Waals surface area contributed by atoms with Crippen molar-refractivity contribution < 1.29 is 44.5 Å². The number of benzene rings is 1. The van der Waals surface area contributed by atoms with Gasteiger partial charge in [0.1, 0.15) is 23.3 Å². The first-order valence-corrected chi connectivity index (χ1v) is 14.6. The smallest absolute Gasteiger partial charge is 0.380 e. The van der Waals surface area contributed by atoms with Gasteiger partial charge in [0, 0.05) is 11.6 Å². The lowest BCUT2D eigenvalue weighted by Gasteiger charge is -2.24. The molecule has 1 aromatic carbocycles. The van der Waals surface area contributed by atoms with Crippen LogP contribution in [0.25, 0.3) is 11.0 Å². The van der Waals surface area contributed by atoms with Crippen LogP contribution in [0.2, 0.25) is 0 Å². The number of nitrogen functional groups attached to an aromatic ring is 1. The average Bonchev–Trinajstić information content (AvgIpc) is 3.37. The number of carbonyl (C=O) groups excluding carboxylic acids is 1. The zero-order chi connectivity index (χ0) is 32.6. The largest absolute Gasteiger partial charge is 0.463 e. The number of halogens is 3. The first-order chi connectivity index (χ1) is 20.5. The molecule has 3 heterocycles. The topological polar surface area (TPSA) is 168 Å². The highest BCUT2D eigenvalue weighted by atomic mass is 35.5. The Balaban J connectivity index is 1.74. The molecule has 0 saturated carbocycles. The summed E-state index contributed by atoms with van der Waals surface area (Å²) >= 11 is 5.47. The van der Waals surface area contributed by atoms with E-state index in [-0.39, 0.29) is 5.75 Å². The lowest BCUT2D eigenvalue weighted by atomic mass is 9.97. The minimum absolute atomic E-state index is 0.0159. The number of esters is 1. The summed E-state index contributed by atoms with van der Waals surface area (Å²) in [5.74, 6) is -1.66. The number of nitrogens with one attached hydrogen (secondary N) is 1. The number of ether oxygens (including phenoxy) is 2. The highest BCUT2D eigenvalue weighted by molar-refractivity contribution is 7.54. The van der Waals surface area contributed by atoms with Crippen LogP contribution in [0.15, 0.2) is 41.3 Å². The van der Waals surface area contributed by atoms with Gasteiger partial charge in [-0.25, -0.2) is 13.3 Å². The second kappa shape index (κ2) is 12.4. The first kappa shape index (κ1) is 28.6. The molecule has 0 amide bonds. The SMILES string of the molecule is [2H]C([2H])(O[P@@](=O)(C[C@@H](C)C(=O)OC(C)C)Oc1ccccc1)[C@H]1O[C@@H](n2cc(F)c3c(=O)[nH]c(N)nc32)C(F)(C#CCl)[C@H]1O. The van der Waals surface area contributed by atoms with Gasteiger partial charge in [-0.15, -0.1) is 0 Å². The van der Waals surface area contributed by atoms with Crippen molar-refractivity contribution >= 4 is 42.1 Å². The van der Waals surface area contributed by atoms with Crippen molar-refractivity contribution in [2.75, 3.05) is 18.5 Å². The molecular weight excluding hydrogens is 601 g/mol. The Morgan fingerprint density at radius 3 is 2.74 bits per heavy atom. The standard InChI is InChI=1S/C26H28ClF2N4O8P/c1-14(2)39-23(36)15(3)13-42(37,41-16-7-5-4-6-8-16)38-12-18-20(34)26(29,9-10-27)24(40-18)33-11-17(28)19-21(33)31-25(30)32-22(19)35/h4-8,11,14-15,18,20,24,34H,12-13H2,1-3H3,(H3,30,31,32,35)/t15-,18-,20+,24-,26?,42+/m1/s1/i12D2. The van der Waals surface area contributed by atoms with E-state index in [1.165, 1.54) is 31.2 Å². The quantitative estimate of drug-likeness (QED) is 0.171. The molecule has 3 aromatic rings. The van der Waals surface area contributed by atoms with Crippen LogP contribution in [0.3, 0.4) is 0 Å². The monoisotopic (exact) mass is 630 g/mol. The number of aromatic nitrogens is 3. The van der Waals surface area contributed by atoms with Crippen LogP contribution >= 0.6 is 19.2 Å². The van der Waals surface area contributed by atoms with Crippen molar-refractivity contribution in [3.63, 3.8) is 0 Å². The van der Waals surface area contributed by atoms with E-state index in [0.717, 1.165) is 0 Å². The molecule has 1 saturated heterocycles. The van der Waals surface area contributed by atoms with E-state index in [2.05, 4.69) is 9.97 Å². The van der Waals surface area contributed by atoms with Gasteiger partial charge < -0.3 is 24.8 Å². The number of rotatable bonds is 10. The summed E-state index contributed by atoms with van der Waals surface area (Å²) < 4.78 is 84.8. The lowest BCUT2D eigenvalue weighted by Crippen LogP contribution is -2.42. The van der Waals surface area contributed by atoms with Crippen molar-refractivity contribution in [3.8, 4) is 17.0 Å². The number of H-pyrrole nitrogens is 1. The van der Waals surface area contributed by atoms with Crippen molar-refractivity contribution in [2.24, 2.45) is 5.92 Å². The predicted molar refractivity (Wildman–Crippen MR) is 148 cm³/mol. The van der Waals surface area contributed by atoms with E-state index in [0.29, 0.717) is 10.8 Å². The van der Waals surface area contributed by atoms with Crippen LogP contribution in [-0.2, 0) is 23.4 Å². The number of anilines is 1. The molecule has 226 valence electrons.